The fraction of sp³-hybridized carbons (Fsp3) is 0.529. The van der Waals surface area contributed by atoms with Crippen molar-refractivity contribution in [3.63, 3.8) is 0 Å². The first kappa shape index (κ1) is 18.7. The van der Waals surface area contributed by atoms with Gasteiger partial charge in [-0.25, -0.2) is 4.68 Å². The van der Waals surface area contributed by atoms with Crippen LogP contribution in [0.25, 0.3) is 0 Å². The highest BCUT2D eigenvalue weighted by molar-refractivity contribution is 7.92. The van der Waals surface area contributed by atoms with Gasteiger partial charge in [-0.05, 0) is 51.6 Å². The maximum absolute atomic E-state index is 12.7. The van der Waals surface area contributed by atoms with Crippen LogP contribution < -0.4 is 9.62 Å². The Hall–Kier alpha value is -2.13. The SMILES string of the molecule is Cc1cc(N2CCN(C)CC2)ccc1NS(=O)(=O)c1cnnn1C(C)C. The van der Waals surface area contributed by atoms with Crippen LogP contribution in [-0.2, 0) is 10.0 Å². The Bertz CT molecular complexity index is 869. The number of nitrogens with zero attached hydrogens (tertiary/aromatic N) is 5. The van der Waals surface area contributed by atoms with E-state index in [2.05, 4.69) is 31.9 Å². The van der Waals surface area contributed by atoms with Gasteiger partial charge in [0.2, 0.25) is 0 Å². The molecule has 0 atom stereocenters. The molecule has 8 nitrogen and oxygen atoms in total. The number of benzene rings is 1. The summed E-state index contributed by atoms with van der Waals surface area (Å²) in [6.45, 7) is 9.64. The number of sulfonamides is 1. The second-order valence-electron chi connectivity index (χ2n) is 7.01. The van der Waals surface area contributed by atoms with Gasteiger partial charge < -0.3 is 9.80 Å². The molecule has 1 aliphatic heterocycles. The molecular formula is C17H26N6O2S. The molecule has 0 radical (unpaired) electrons. The highest BCUT2D eigenvalue weighted by Crippen LogP contribution is 2.26. The Labute approximate surface area is 154 Å². The van der Waals surface area contributed by atoms with Crippen LogP contribution in [0.15, 0.2) is 29.4 Å². The van der Waals surface area contributed by atoms with Crippen LogP contribution in [0.4, 0.5) is 11.4 Å². The van der Waals surface area contributed by atoms with Gasteiger partial charge in [0, 0.05) is 37.9 Å². The lowest BCUT2D eigenvalue weighted by atomic mass is 10.1. The van der Waals surface area contributed by atoms with E-state index in [1.54, 1.807) is 0 Å². The van der Waals surface area contributed by atoms with Crippen molar-refractivity contribution in [3.8, 4) is 0 Å². The third-order valence-corrected chi connectivity index (χ3v) is 5.96. The van der Waals surface area contributed by atoms with Crippen molar-refractivity contribution in [2.75, 3.05) is 42.8 Å². The van der Waals surface area contributed by atoms with Gasteiger partial charge in [-0.15, -0.1) is 5.10 Å². The molecule has 0 aliphatic carbocycles. The summed E-state index contributed by atoms with van der Waals surface area (Å²) in [5.74, 6) is 0. The predicted octanol–water partition coefficient (Wildman–Crippen LogP) is 1.72. The minimum atomic E-state index is -3.75. The number of rotatable bonds is 5. The van der Waals surface area contributed by atoms with Gasteiger partial charge in [0.15, 0.2) is 5.03 Å². The van der Waals surface area contributed by atoms with E-state index in [1.165, 1.54) is 10.9 Å². The van der Waals surface area contributed by atoms with E-state index in [0.29, 0.717) is 5.69 Å². The van der Waals surface area contributed by atoms with Crippen molar-refractivity contribution in [1.29, 1.82) is 0 Å². The van der Waals surface area contributed by atoms with Gasteiger partial charge >= 0.3 is 0 Å². The van der Waals surface area contributed by atoms with E-state index in [1.807, 2.05) is 39.0 Å². The fourth-order valence-corrected chi connectivity index (χ4v) is 4.31. The van der Waals surface area contributed by atoms with Crippen LogP contribution in [-0.4, -0.2) is 61.5 Å². The Balaban J connectivity index is 1.81. The molecule has 0 amide bonds. The molecule has 1 fully saturated rings. The Morgan fingerprint density at radius 1 is 1.15 bits per heavy atom. The number of nitrogens with one attached hydrogen (secondary N) is 1. The lowest BCUT2D eigenvalue weighted by Crippen LogP contribution is -2.44. The minimum Gasteiger partial charge on any atom is -0.369 e. The Morgan fingerprint density at radius 2 is 1.85 bits per heavy atom. The fourth-order valence-electron chi connectivity index (χ4n) is 3.01. The average molecular weight is 379 g/mol. The van der Waals surface area contributed by atoms with Crippen LogP contribution in [0, 0.1) is 6.92 Å². The highest BCUT2D eigenvalue weighted by Gasteiger charge is 2.23. The molecule has 3 rings (SSSR count). The van der Waals surface area contributed by atoms with Crippen LogP contribution in [0.2, 0.25) is 0 Å². The van der Waals surface area contributed by atoms with E-state index < -0.39 is 10.0 Å². The predicted molar refractivity (Wildman–Crippen MR) is 102 cm³/mol. The zero-order chi connectivity index (χ0) is 18.9. The van der Waals surface area contributed by atoms with Gasteiger partial charge in [-0.1, -0.05) is 5.21 Å². The molecule has 1 N–H and O–H groups in total. The van der Waals surface area contributed by atoms with Crippen molar-refractivity contribution < 1.29 is 8.42 Å². The largest absolute Gasteiger partial charge is 0.369 e. The van der Waals surface area contributed by atoms with Gasteiger partial charge in [0.05, 0.1) is 11.9 Å². The quantitative estimate of drug-likeness (QED) is 0.853. The van der Waals surface area contributed by atoms with Crippen LogP contribution in [0.3, 0.4) is 0 Å². The molecule has 2 aromatic rings. The topological polar surface area (TPSA) is 83.4 Å². The summed E-state index contributed by atoms with van der Waals surface area (Å²) in [5.41, 5.74) is 2.57. The van der Waals surface area contributed by atoms with Gasteiger partial charge in [-0.2, -0.15) is 8.42 Å². The molecule has 1 aliphatic rings. The molecule has 1 aromatic heterocycles. The first-order valence-corrected chi connectivity index (χ1v) is 10.2. The second-order valence-corrected chi connectivity index (χ2v) is 8.63. The lowest BCUT2D eigenvalue weighted by molar-refractivity contribution is 0.313. The summed E-state index contributed by atoms with van der Waals surface area (Å²) < 4.78 is 29.5. The second kappa shape index (κ2) is 7.24. The van der Waals surface area contributed by atoms with E-state index in [4.69, 9.17) is 0 Å². The summed E-state index contributed by atoms with van der Waals surface area (Å²) in [4.78, 5) is 4.63. The van der Waals surface area contributed by atoms with Crippen molar-refractivity contribution >= 4 is 21.4 Å². The number of aryl methyl sites for hydroxylation is 1. The molecule has 0 bridgehead atoms. The molecule has 0 saturated carbocycles. The normalized spacial score (nSPS) is 16.3. The molecule has 0 spiro atoms. The first-order chi connectivity index (χ1) is 12.3. The number of piperazine rings is 1. The highest BCUT2D eigenvalue weighted by atomic mass is 32.2. The third kappa shape index (κ3) is 3.83. The molecule has 9 heteroatoms. The maximum Gasteiger partial charge on any atom is 0.280 e. The van der Waals surface area contributed by atoms with E-state index in [0.717, 1.165) is 37.4 Å². The van der Waals surface area contributed by atoms with Gasteiger partial charge in [-0.3, -0.25) is 4.72 Å². The molecule has 26 heavy (non-hydrogen) atoms. The first-order valence-electron chi connectivity index (χ1n) is 8.75. The maximum atomic E-state index is 12.7. The van der Waals surface area contributed by atoms with Crippen LogP contribution in [0.1, 0.15) is 25.5 Å². The number of anilines is 2. The molecule has 0 unspecified atom stereocenters. The zero-order valence-corrected chi connectivity index (χ0v) is 16.5. The van der Waals surface area contributed by atoms with Crippen molar-refractivity contribution in [2.45, 2.75) is 31.8 Å². The summed E-state index contributed by atoms with van der Waals surface area (Å²) in [7, 11) is -1.62. The van der Waals surface area contributed by atoms with E-state index in [-0.39, 0.29) is 11.1 Å². The van der Waals surface area contributed by atoms with E-state index >= 15 is 0 Å². The van der Waals surface area contributed by atoms with E-state index in [9.17, 15) is 8.42 Å². The Morgan fingerprint density at radius 3 is 2.46 bits per heavy atom. The lowest BCUT2D eigenvalue weighted by Gasteiger charge is -2.34. The zero-order valence-electron chi connectivity index (χ0n) is 15.7. The molecule has 2 heterocycles. The monoisotopic (exact) mass is 378 g/mol. The summed E-state index contributed by atoms with van der Waals surface area (Å²) >= 11 is 0. The number of likely N-dealkylation sites (N-methyl/N-ethyl adjacent to an activating group) is 1. The van der Waals surface area contributed by atoms with Crippen molar-refractivity contribution in [1.82, 2.24) is 19.9 Å². The van der Waals surface area contributed by atoms with Crippen molar-refractivity contribution in [3.05, 3.63) is 30.0 Å². The number of hydrogen-bond donors (Lipinski definition) is 1. The van der Waals surface area contributed by atoms with Gasteiger partial charge in [0.25, 0.3) is 10.0 Å². The van der Waals surface area contributed by atoms with Crippen LogP contribution in [0.5, 0.6) is 0 Å². The van der Waals surface area contributed by atoms with Gasteiger partial charge in [0.1, 0.15) is 0 Å². The smallest absolute Gasteiger partial charge is 0.280 e. The molecule has 1 saturated heterocycles. The van der Waals surface area contributed by atoms with Crippen molar-refractivity contribution in [2.24, 2.45) is 0 Å². The molecule has 142 valence electrons. The summed E-state index contributed by atoms with van der Waals surface area (Å²) in [5, 5.41) is 7.67. The summed E-state index contributed by atoms with van der Waals surface area (Å²) in [6.07, 6.45) is 1.27. The number of aromatic nitrogens is 3. The minimum absolute atomic E-state index is 0.0649. The molecule has 1 aromatic carbocycles. The van der Waals surface area contributed by atoms with Crippen LogP contribution >= 0.6 is 0 Å². The average Bonchev–Trinajstić information content (AvgIpc) is 3.08. The molecular weight excluding hydrogens is 352 g/mol. The number of hydrogen-bond acceptors (Lipinski definition) is 6. The Kier molecular flexibility index (Phi) is 5.19. The standard InChI is InChI=1S/C17H26N6O2S/c1-13(2)23-17(12-18-20-23)26(24,25)19-16-6-5-15(11-14(16)3)22-9-7-21(4)8-10-22/h5-6,11-13,19H,7-10H2,1-4H3. The summed E-state index contributed by atoms with van der Waals surface area (Å²) in [6, 6.07) is 5.73. The third-order valence-electron chi connectivity index (χ3n) is 4.63.